The molecule has 4 rings (SSSR count). The van der Waals surface area contributed by atoms with Crippen molar-refractivity contribution in [1.82, 2.24) is 0 Å². The Morgan fingerprint density at radius 1 is 1.26 bits per heavy atom. The lowest BCUT2D eigenvalue weighted by Gasteiger charge is -2.40. The van der Waals surface area contributed by atoms with Crippen molar-refractivity contribution in [3.8, 4) is 6.07 Å². The molecule has 0 spiro atoms. The number of benzene rings is 1. The molecule has 0 bridgehead atoms. The number of nitrogens with zero attached hydrogens (tertiary/aromatic N) is 2. The third kappa shape index (κ3) is 3.34. The van der Waals surface area contributed by atoms with Gasteiger partial charge in [0.05, 0.1) is 11.8 Å². The van der Waals surface area contributed by atoms with Gasteiger partial charge in [0.2, 0.25) is 5.71 Å². The molecule has 2 heterocycles. The maximum Gasteiger partial charge on any atom is 0.201 e. The molecule has 1 saturated carbocycles. The predicted molar refractivity (Wildman–Crippen MR) is 107 cm³/mol. The molecule has 1 fully saturated rings. The summed E-state index contributed by atoms with van der Waals surface area (Å²) in [5, 5.41) is 22.6. The van der Waals surface area contributed by atoms with E-state index < -0.39 is 0 Å². The Morgan fingerprint density at radius 2 is 2.07 bits per heavy atom. The number of thiophene rings is 1. The molecule has 27 heavy (non-hydrogen) atoms. The zero-order chi connectivity index (χ0) is 18.8. The summed E-state index contributed by atoms with van der Waals surface area (Å²) in [6.07, 6.45) is 4.85. The van der Waals surface area contributed by atoms with Gasteiger partial charge in [0.15, 0.2) is 5.84 Å². The molecule has 1 aromatic heterocycles. The van der Waals surface area contributed by atoms with Crippen molar-refractivity contribution in [1.29, 1.82) is 10.7 Å². The van der Waals surface area contributed by atoms with E-state index in [0.29, 0.717) is 5.92 Å². The van der Waals surface area contributed by atoms with Crippen LogP contribution in [0.1, 0.15) is 53.7 Å². The normalized spacial score (nSPS) is 24.4. The Labute approximate surface area is 162 Å². The van der Waals surface area contributed by atoms with Gasteiger partial charge < -0.3 is 10.5 Å². The first-order valence-electron chi connectivity index (χ1n) is 9.09. The largest absolute Gasteiger partial charge is 0.382 e. The number of nitrogens with two attached hydrogens (primary N) is 1. The molecule has 1 aliphatic heterocycles. The Morgan fingerprint density at radius 3 is 2.89 bits per heavy atom. The van der Waals surface area contributed by atoms with E-state index in [1.54, 1.807) is 0 Å². The molecular weight excluding hydrogens is 358 g/mol. The minimum absolute atomic E-state index is 0.141. The third-order valence-electron chi connectivity index (χ3n) is 5.25. The number of amidine groups is 1. The molecule has 2 aliphatic rings. The van der Waals surface area contributed by atoms with Crippen LogP contribution in [-0.4, -0.2) is 17.7 Å². The summed E-state index contributed by atoms with van der Waals surface area (Å²) in [5.74, 6) is 0.146. The number of hydrogen-bond acceptors (Lipinski definition) is 6. The smallest absolute Gasteiger partial charge is 0.201 e. The van der Waals surface area contributed by atoms with E-state index >= 15 is 0 Å². The van der Waals surface area contributed by atoms with Gasteiger partial charge in [-0.1, -0.05) is 31.0 Å². The highest BCUT2D eigenvalue weighted by molar-refractivity contribution is 7.10. The highest BCUT2D eigenvalue weighted by Gasteiger charge is 2.39. The molecule has 1 aromatic carbocycles. The first-order valence-corrected chi connectivity index (χ1v) is 9.97. The van der Waals surface area contributed by atoms with Gasteiger partial charge in [0, 0.05) is 16.4 Å². The molecule has 0 saturated heterocycles. The fraction of sp³-hybridized carbons (Fsp3) is 0.350. The average molecular weight is 379 g/mol. The second-order valence-electron chi connectivity index (χ2n) is 6.87. The Bertz CT molecular complexity index is 928. The standard InChI is InChI=1S/C20H21N5OS/c21-11-16(20(22)23)25-24-15-7-3-1-5-12(15)18-14-9-10-27-19(14)13-6-2-4-8-17(13)26-18/h1,3,5,7,9-10,13,17-18,24H,2,4,6,8H2,(H3,22,23)/b25-16+. The van der Waals surface area contributed by atoms with Crippen LogP contribution in [0.4, 0.5) is 5.69 Å². The minimum Gasteiger partial charge on any atom is -0.382 e. The molecule has 3 unspecified atom stereocenters. The molecule has 3 atom stereocenters. The van der Waals surface area contributed by atoms with Crippen molar-refractivity contribution in [3.63, 3.8) is 0 Å². The van der Waals surface area contributed by atoms with E-state index in [0.717, 1.165) is 17.7 Å². The van der Waals surface area contributed by atoms with E-state index in [1.807, 2.05) is 41.7 Å². The summed E-state index contributed by atoms with van der Waals surface area (Å²) in [5.41, 5.74) is 11.1. The summed E-state index contributed by atoms with van der Waals surface area (Å²) in [7, 11) is 0. The zero-order valence-electron chi connectivity index (χ0n) is 14.8. The van der Waals surface area contributed by atoms with Crippen molar-refractivity contribution in [2.75, 3.05) is 5.43 Å². The van der Waals surface area contributed by atoms with Crippen LogP contribution in [0.5, 0.6) is 0 Å². The first-order chi connectivity index (χ1) is 13.2. The number of fused-ring (bicyclic) bond motifs is 3. The predicted octanol–water partition coefficient (Wildman–Crippen LogP) is 4.12. The number of anilines is 1. The van der Waals surface area contributed by atoms with Crippen molar-refractivity contribution in [3.05, 3.63) is 51.7 Å². The molecule has 1 aliphatic carbocycles. The number of nitriles is 1. The van der Waals surface area contributed by atoms with Gasteiger partial charge in [-0.15, -0.1) is 11.3 Å². The van der Waals surface area contributed by atoms with Gasteiger partial charge in [-0.25, -0.2) is 0 Å². The molecule has 6 nitrogen and oxygen atoms in total. The molecule has 0 amide bonds. The third-order valence-corrected chi connectivity index (χ3v) is 6.32. The SMILES string of the molecule is N#C/C(=N\Nc1ccccc1C1OC2CCCCC2c2sccc21)C(=N)N. The summed E-state index contributed by atoms with van der Waals surface area (Å²) >= 11 is 1.83. The van der Waals surface area contributed by atoms with Gasteiger partial charge in [0.25, 0.3) is 0 Å². The van der Waals surface area contributed by atoms with Crippen molar-refractivity contribution in [2.45, 2.75) is 43.8 Å². The number of nitrogens with one attached hydrogen (secondary N) is 2. The topological polar surface area (TPSA) is 107 Å². The van der Waals surface area contributed by atoms with Crippen molar-refractivity contribution in [2.24, 2.45) is 10.8 Å². The van der Waals surface area contributed by atoms with Crippen LogP contribution in [0.3, 0.4) is 0 Å². The maximum absolute atomic E-state index is 9.06. The van der Waals surface area contributed by atoms with Crippen molar-refractivity contribution < 1.29 is 4.74 Å². The number of hydrazone groups is 1. The lowest BCUT2D eigenvalue weighted by atomic mass is 9.80. The maximum atomic E-state index is 9.06. The van der Waals surface area contributed by atoms with Gasteiger partial charge >= 0.3 is 0 Å². The zero-order valence-corrected chi connectivity index (χ0v) is 15.6. The van der Waals surface area contributed by atoms with E-state index in [1.165, 1.54) is 29.7 Å². The van der Waals surface area contributed by atoms with Gasteiger partial charge in [-0.05, 0) is 35.9 Å². The number of ether oxygens (including phenoxy) is 1. The molecule has 4 N–H and O–H groups in total. The molecule has 0 radical (unpaired) electrons. The summed E-state index contributed by atoms with van der Waals surface area (Å²) in [4.78, 5) is 1.44. The van der Waals surface area contributed by atoms with Crippen LogP contribution in [0, 0.1) is 16.7 Å². The second kappa shape index (κ2) is 7.51. The van der Waals surface area contributed by atoms with E-state index in [9.17, 15) is 0 Å². The highest BCUT2D eigenvalue weighted by Crippen LogP contribution is 2.49. The molecule has 7 heteroatoms. The summed E-state index contributed by atoms with van der Waals surface area (Å²) < 4.78 is 6.57. The number of rotatable bonds is 4. The van der Waals surface area contributed by atoms with Gasteiger partial charge in [-0.2, -0.15) is 10.4 Å². The Kier molecular flexibility index (Phi) is 4.92. The van der Waals surface area contributed by atoms with E-state index in [4.69, 9.17) is 21.1 Å². The summed E-state index contributed by atoms with van der Waals surface area (Å²) in [6.45, 7) is 0. The fourth-order valence-electron chi connectivity index (χ4n) is 3.99. The first kappa shape index (κ1) is 17.7. The Balaban J connectivity index is 1.70. The monoisotopic (exact) mass is 379 g/mol. The van der Waals surface area contributed by atoms with Crippen molar-refractivity contribution >= 4 is 28.6 Å². The van der Waals surface area contributed by atoms with Crippen LogP contribution in [0.2, 0.25) is 0 Å². The Hall–Kier alpha value is -2.69. The molecule has 138 valence electrons. The van der Waals surface area contributed by atoms with Gasteiger partial charge in [-0.3, -0.25) is 10.8 Å². The van der Waals surface area contributed by atoms with Gasteiger partial charge in [0.1, 0.15) is 12.2 Å². The van der Waals surface area contributed by atoms with Crippen LogP contribution in [0.25, 0.3) is 0 Å². The van der Waals surface area contributed by atoms with E-state index in [2.05, 4.69) is 22.0 Å². The van der Waals surface area contributed by atoms with E-state index in [-0.39, 0.29) is 23.8 Å². The summed E-state index contributed by atoms with van der Waals surface area (Å²) in [6, 6.07) is 11.8. The fourth-order valence-corrected chi connectivity index (χ4v) is 5.10. The average Bonchev–Trinajstić information content (AvgIpc) is 3.18. The quantitative estimate of drug-likeness (QED) is 0.422. The second-order valence-corrected chi connectivity index (χ2v) is 7.82. The lowest BCUT2D eigenvalue weighted by molar-refractivity contribution is -0.0371. The number of para-hydroxylation sites is 1. The minimum atomic E-state index is -0.360. The van der Waals surface area contributed by atoms with Crippen LogP contribution < -0.4 is 11.2 Å². The van der Waals surface area contributed by atoms with Crippen LogP contribution >= 0.6 is 11.3 Å². The van der Waals surface area contributed by atoms with Crippen LogP contribution in [0.15, 0.2) is 40.8 Å². The lowest BCUT2D eigenvalue weighted by Crippen LogP contribution is -2.32. The number of hydrogen-bond donors (Lipinski definition) is 3. The highest BCUT2D eigenvalue weighted by atomic mass is 32.1. The van der Waals surface area contributed by atoms with Crippen LogP contribution in [-0.2, 0) is 4.74 Å². The molecule has 2 aromatic rings. The molecular formula is C20H21N5OS.